The molecule has 6 heteroatoms. The molecule has 2 rings (SSSR count). The van der Waals surface area contributed by atoms with Gasteiger partial charge in [0.2, 0.25) is 5.91 Å². The third-order valence-electron chi connectivity index (χ3n) is 4.79. The summed E-state index contributed by atoms with van der Waals surface area (Å²) in [6.45, 7) is 5.84. The first kappa shape index (κ1) is 17.4. The van der Waals surface area contributed by atoms with Crippen LogP contribution in [0, 0.1) is 11.2 Å². The minimum Gasteiger partial charge on any atom is -0.479 e. The van der Waals surface area contributed by atoms with Crippen LogP contribution in [0.15, 0.2) is 24.3 Å². The fourth-order valence-corrected chi connectivity index (χ4v) is 3.13. The van der Waals surface area contributed by atoms with E-state index in [1.807, 2.05) is 6.92 Å². The normalized spacial score (nSPS) is 25.5. The number of hydrogen-bond donors (Lipinski definition) is 2. The summed E-state index contributed by atoms with van der Waals surface area (Å²) in [5.74, 6) is -2.09. The lowest BCUT2D eigenvalue weighted by Crippen LogP contribution is -2.76. The summed E-state index contributed by atoms with van der Waals surface area (Å²) in [6.07, 6.45) is -0.235. The van der Waals surface area contributed by atoms with Crippen molar-refractivity contribution < 1.29 is 23.8 Å². The van der Waals surface area contributed by atoms with Gasteiger partial charge in [0.25, 0.3) is 0 Å². The Morgan fingerprint density at radius 2 is 2.04 bits per heavy atom. The molecule has 5 nitrogen and oxygen atoms in total. The van der Waals surface area contributed by atoms with Gasteiger partial charge in [-0.2, -0.15) is 0 Å². The topological polar surface area (TPSA) is 75.6 Å². The lowest BCUT2D eigenvalue weighted by atomic mass is 9.54. The molecule has 0 saturated heterocycles. The van der Waals surface area contributed by atoms with E-state index in [4.69, 9.17) is 4.74 Å². The van der Waals surface area contributed by atoms with Crippen molar-refractivity contribution in [1.29, 1.82) is 0 Å². The van der Waals surface area contributed by atoms with Crippen molar-refractivity contribution in [3.63, 3.8) is 0 Å². The van der Waals surface area contributed by atoms with Crippen LogP contribution in [0.4, 0.5) is 4.39 Å². The van der Waals surface area contributed by atoms with E-state index >= 15 is 0 Å². The van der Waals surface area contributed by atoms with Crippen LogP contribution >= 0.6 is 0 Å². The molecule has 1 aromatic rings. The SMILES string of the molecule is CCOC1CC(NC(=O)Cc2ccccc2F)(C(=O)O)C1(C)C. The first-order valence-corrected chi connectivity index (χ1v) is 7.64. The highest BCUT2D eigenvalue weighted by molar-refractivity contribution is 5.90. The third kappa shape index (κ3) is 2.95. The number of rotatable bonds is 6. The summed E-state index contributed by atoms with van der Waals surface area (Å²) >= 11 is 0. The van der Waals surface area contributed by atoms with Gasteiger partial charge in [0.15, 0.2) is 0 Å². The third-order valence-corrected chi connectivity index (χ3v) is 4.79. The number of carboxylic acid groups (broad SMARTS) is 1. The number of carbonyl (C=O) groups excluding carboxylic acids is 1. The average Bonchev–Trinajstić information content (AvgIpc) is 2.48. The monoisotopic (exact) mass is 323 g/mol. The van der Waals surface area contributed by atoms with E-state index in [1.54, 1.807) is 19.9 Å². The fraction of sp³-hybridized carbons (Fsp3) is 0.529. The average molecular weight is 323 g/mol. The molecule has 2 atom stereocenters. The summed E-state index contributed by atoms with van der Waals surface area (Å²) in [5, 5.41) is 12.2. The number of halogens is 1. The van der Waals surface area contributed by atoms with Gasteiger partial charge < -0.3 is 15.2 Å². The molecule has 0 heterocycles. The summed E-state index contributed by atoms with van der Waals surface area (Å²) in [5.41, 5.74) is -1.90. The smallest absolute Gasteiger partial charge is 0.330 e. The zero-order valence-electron chi connectivity index (χ0n) is 13.6. The number of benzene rings is 1. The minimum atomic E-state index is -1.39. The van der Waals surface area contributed by atoms with Gasteiger partial charge in [-0.25, -0.2) is 9.18 Å². The molecule has 0 bridgehead atoms. The van der Waals surface area contributed by atoms with Crippen LogP contribution in [0.25, 0.3) is 0 Å². The molecule has 23 heavy (non-hydrogen) atoms. The summed E-state index contributed by atoms with van der Waals surface area (Å²) in [4.78, 5) is 24.0. The van der Waals surface area contributed by atoms with Gasteiger partial charge in [0.05, 0.1) is 12.5 Å². The van der Waals surface area contributed by atoms with Crippen molar-refractivity contribution in [3.05, 3.63) is 35.6 Å². The predicted molar refractivity (Wildman–Crippen MR) is 82.4 cm³/mol. The molecule has 0 radical (unpaired) electrons. The molecule has 2 unspecified atom stereocenters. The molecular weight excluding hydrogens is 301 g/mol. The van der Waals surface area contributed by atoms with E-state index in [9.17, 15) is 19.1 Å². The summed E-state index contributed by atoms with van der Waals surface area (Å²) in [6, 6.07) is 5.96. The highest BCUT2D eigenvalue weighted by Gasteiger charge is 2.66. The van der Waals surface area contributed by atoms with Gasteiger partial charge >= 0.3 is 5.97 Å². The lowest BCUT2D eigenvalue weighted by Gasteiger charge is -2.58. The second-order valence-electron chi connectivity index (χ2n) is 6.40. The lowest BCUT2D eigenvalue weighted by molar-refractivity contribution is -0.194. The van der Waals surface area contributed by atoms with E-state index in [0.29, 0.717) is 6.61 Å². The first-order chi connectivity index (χ1) is 10.7. The zero-order valence-corrected chi connectivity index (χ0v) is 13.6. The zero-order chi connectivity index (χ0) is 17.3. The van der Waals surface area contributed by atoms with Crippen molar-refractivity contribution >= 4 is 11.9 Å². The Balaban J connectivity index is 2.14. The van der Waals surface area contributed by atoms with Crippen molar-refractivity contribution in [1.82, 2.24) is 5.32 Å². The van der Waals surface area contributed by atoms with Gasteiger partial charge in [-0.3, -0.25) is 4.79 Å². The molecule has 0 aliphatic heterocycles. The molecule has 1 aliphatic rings. The van der Waals surface area contributed by atoms with E-state index < -0.39 is 28.6 Å². The van der Waals surface area contributed by atoms with E-state index in [2.05, 4.69) is 5.32 Å². The maximum Gasteiger partial charge on any atom is 0.330 e. The van der Waals surface area contributed by atoms with Gasteiger partial charge in [0, 0.05) is 18.4 Å². The molecular formula is C17H22FNO4. The van der Waals surface area contributed by atoms with Crippen molar-refractivity contribution in [3.8, 4) is 0 Å². The number of aliphatic carboxylic acids is 1. The van der Waals surface area contributed by atoms with Crippen LogP contribution in [0.2, 0.25) is 0 Å². The van der Waals surface area contributed by atoms with Crippen LogP contribution in [-0.2, 0) is 20.7 Å². The largest absolute Gasteiger partial charge is 0.479 e. The Hall–Kier alpha value is -1.95. The van der Waals surface area contributed by atoms with Crippen LogP contribution < -0.4 is 5.32 Å². The first-order valence-electron chi connectivity index (χ1n) is 7.64. The quantitative estimate of drug-likeness (QED) is 0.841. The molecule has 126 valence electrons. The van der Waals surface area contributed by atoms with Crippen LogP contribution in [0.5, 0.6) is 0 Å². The Morgan fingerprint density at radius 3 is 2.57 bits per heavy atom. The maximum atomic E-state index is 13.6. The van der Waals surface area contributed by atoms with Crippen LogP contribution in [0.1, 0.15) is 32.8 Å². The second kappa shape index (κ2) is 6.28. The standard InChI is InChI=1S/C17H22FNO4/c1-4-23-13-10-17(15(21)22,16(13,2)3)19-14(20)9-11-7-5-6-8-12(11)18/h5-8,13H,4,9-10H2,1-3H3,(H,19,20)(H,21,22). The van der Waals surface area contributed by atoms with Gasteiger partial charge in [-0.15, -0.1) is 0 Å². The molecule has 2 N–H and O–H groups in total. The Labute approximate surface area is 134 Å². The van der Waals surface area contributed by atoms with Gasteiger partial charge in [-0.05, 0) is 18.6 Å². The fourth-order valence-electron chi connectivity index (χ4n) is 3.13. The Morgan fingerprint density at radius 1 is 1.39 bits per heavy atom. The molecule has 1 aromatic carbocycles. The maximum absolute atomic E-state index is 13.6. The molecule has 1 fully saturated rings. The van der Waals surface area contributed by atoms with Crippen LogP contribution in [0.3, 0.4) is 0 Å². The molecule has 1 saturated carbocycles. The van der Waals surface area contributed by atoms with E-state index in [1.165, 1.54) is 18.2 Å². The highest BCUT2D eigenvalue weighted by Crippen LogP contribution is 2.51. The Bertz CT molecular complexity index is 616. The van der Waals surface area contributed by atoms with Crippen molar-refractivity contribution in [2.75, 3.05) is 6.61 Å². The number of amides is 1. The number of hydrogen-bond acceptors (Lipinski definition) is 3. The Kier molecular flexibility index (Phi) is 4.75. The van der Waals surface area contributed by atoms with Crippen molar-refractivity contribution in [2.24, 2.45) is 5.41 Å². The van der Waals surface area contributed by atoms with Crippen molar-refractivity contribution in [2.45, 2.75) is 45.3 Å². The van der Waals surface area contributed by atoms with E-state index in [0.717, 1.165) is 0 Å². The summed E-state index contributed by atoms with van der Waals surface area (Å²) in [7, 11) is 0. The van der Waals surface area contributed by atoms with Gasteiger partial charge in [-0.1, -0.05) is 32.0 Å². The minimum absolute atomic E-state index is 0.197. The predicted octanol–water partition coefficient (Wildman–Crippen LogP) is 2.14. The number of carboxylic acids is 1. The number of carbonyl (C=O) groups is 2. The molecule has 1 amide bonds. The number of ether oxygens (including phenoxy) is 1. The highest BCUT2D eigenvalue weighted by atomic mass is 19.1. The molecule has 0 aromatic heterocycles. The van der Waals surface area contributed by atoms with Crippen LogP contribution in [-0.4, -0.2) is 35.2 Å². The van der Waals surface area contributed by atoms with E-state index in [-0.39, 0.29) is 24.5 Å². The van der Waals surface area contributed by atoms with Gasteiger partial charge in [0.1, 0.15) is 11.4 Å². The molecule has 0 spiro atoms. The second-order valence-corrected chi connectivity index (χ2v) is 6.40. The molecule has 1 aliphatic carbocycles. The number of nitrogens with one attached hydrogen (secondary N) is 1. The summed E-state index contributed by atoms with van der Waals surface area (Å²) < 4.78 is 19.2.